The molecule has 1 N–H and O–H groups in total. The zero-order valence-corrected chi connectivity index (χ0v) is 7.35. The van der Waals surface area contributed by atoms with Gasteiger partial charge in [-0.2, -0.15) is 0 Å². The van der Waals surface area contributed by atoms with Crippen LogP contribution in [0.1, 0.15) is 33.1 Å². The summed E-state index contributed by atoms with van der Waals surface area (Å²) in [6.07, 6.45) is 4.21. The molecule has 0 radical (unpaired) electrons. The van der Waals surface area contributed by atoms with Crippen LogP contribution in [0, 0.1) is 11.8 Å². The molecule has 1 rings (SSSR count). The van der Waals surface area contributed by atoms with Gasteiger partial charge >= 0.3 is 0 Å². The Morgan fingerprint density at radius 3 is 2.40 bits per heavy atom. The van der Waals surface area contributed by atoms with Gasteiger partial charge in [0.1, 0.15) is 0 Å². The second kappa shape index (κ2) is 3.38. The summed E-state index contributed by atoms with van der Waals surface area (Å²) in [4.78, 5) is 0. The maximum atomic E-state index is 3.38. The SMILES string of the molecule is CN[C@H]1C[C@@H](C)CCC1C. The van der Waals surface area contributed by atoms with Crippen LogP contribution in [0.25, 0.3) is 0 Å². The Morgan fingerprint density at radius 2 is 1.90 bits per heavy atom. The average molecular weight is 141 g/mol. The van der Waals surface area contributed by atoms with Crippen molar-refractivity contribution in [1.29, 1.82) is 0 Å². The topological polar surface area (TPSA) is 12.0 Å². The van der Waals surface area contributed by atoms with Crippen molar-refractivity contribution in [3.05, 3.63) is 0 Å². The third-order valence-corrected chi connectivity index (χ3v) is 2.83. The van der Waals surface area contributed by atoms with E-state index in [1.54, 1.807) is 0 Å². The van der Waals surface area contributed by atoms with E-state index in [9.17, 15) is 0 Å². The highest BCUT2D eigenvalue weighted by Gasteiger charge is 2.23. The van der Waals surface area contributed by atoms with Gasteiger partial charge in [-0.05, 0) is 31.7 Å². The quantitative estimate of drug-likeness (QED) is 0.589. The van der Waals surface area contributed by atoms with Crippen LogP contribution >= 0.6 is 0 Å². The summed E-state index contributed by atoms with van der Waals surface area (Å²) in [5.74, 6) is 1.83. The highest BCUT2D eigenvalue weighted by molar-refractivity contribution is 4.79. The first-order chi connectivity index (χ1) is 4.74. The fourth-order valence-corrected chi connectivity index (χ4v) is 1.93. The molecule has 0 aliphatic heterocycles. The first kappa shape index (κ1) is 8.06. The van der Waals surface area contributed by atoms with Crippen LogP contribution < -0.4 is 5.32 Å². The van der Waals surface area contributed by atoms with Gasteiger partial charge in [-0.1, -0.05) is 20.3 Å². The maximum absolute atomic E-state index is 3.38. The van der Waals surface area contributed by atoms with Crippen LogP contribution in [-0.2, 0) is 0 Å². The molecule has 1 fully saturated rings. The summed E-state index contributed by atoms with van der Waals surface area (Å²) in [5, 5.41) is 3.38. The Kier molecular flexibility index (Phi) is 2.72. The zero-order chi connectivity index (χ0) is 7.56. The lowest BCUT2D eigenvalue weighted by Crippen LogP contribution is -2.37. The molecule has 1 aliphatic carbocycles. The number of hydrogen-bond acceptors (Lipinski definition) is 1. The summed E-state index contributed by atoms with van der Waals surface area (Å²) in [6, 6.07) is 0.781. The molecule has 0 heterocycles. The molecule has 0 aromatic carbocycles. The summed E-state index contributed by atoms with van der Waals surface area (Å²) in [7, 11) is 2.08. The van der Waals surface area contributed by atoms with E-state index < -0.39 is 0 Å². The van der Waals surface area contributed by atoms with Crippen molar-refractivity contribution in [2.45, 2.75) is 39.2 Å². The first-order valence-electron chi connectivity index (χ1n) is 4.41. The lowest BCUT2D eigenvalue weighted by molar-refractivity contribution is 0.238. The van der Waals surface area contributed by atoms with Gasteiger partial charge in [-0.25, -0.2) is 0 Å². The first-order valence-corrected chi connectivity index (χ1v) is 4.41. The summed E-state index contributed by atoms with van der Waals surface area (Å²) in [5.41, 5.74) is 0. The van der Waals surface area contributed by atoms with Crippen molar-refractivity contribution < 1.29 is 0 Å². The smallest absolute Gasteiger partial charge is 0.00922 e. The van der Waals surface area contributed by atoms with E-state index in [2.05, 4.69) is 26.2 Å². The van der Waals surface area contributed by atoms with Crippen LogP contribution in [0.15, 0.2) is 0 Å². The number of rotatable bonds is 1. The Bertz CT molecular complexity index is 101. The van der Waals surface area contributed by atoms with E-state index in [0.717, 1.165) is 17.9 Å². The van der Waals surface area contributed by atoms with Gasteiger partial charge in [0.25, 0.3) is 0 Å². The van der Waals surface area contributed by atoms with Crippen molar-refractivity contribution in [2.24, 2.45) is 11.8 Å². The molecule has 0 aromatic rings. The Balaban J connectivity index is 2.38. The molecule has 1 heteroatoms. The zero-order valence-electron chi connectivity index (χ0n) is 7.35. The second-order valence-electron chi connectivity index (χ2n) is 3.79. The number of hydrogen-bond donors (Lipinski definition) is 1. The molecular formula is C9H19N. The average Bonchev–Trinajstić information content (AvgIpc) is 1.94. The normalized spacial score (nSPS) is 41.7. The van der Waals surface area contributed by atoms with E-state index in [0.29, 0.717) is 0 Å². The van der Waals surface area contributed by atoms with Gasteiger partial charge < -0.3 is 5.32 Å². The molecule has 0 saturated heterocycles. The van der Waals surface area contributed by atoms with Crippen molar-refractivity contribution in [3.63, 3.8) is 0 Å². The Hall–Kier alpha value is -0.0400. The molecule has 1 unspecified atom stereocenters. The lowest BCUT2D eigenvalue weighted by Gasteiger charge is -2.32. The minimum Gasteiger partial charge on any atom is -0.317 e. The standard InChI is InChI=1S/C9H19N/c1-7-4-5-8(2)9(6-7)10-3/h7-10H,4-6H2,1-3H3/t7-,8?,9-/m0/s1. The summed E-state index contributed by atoms with van der Waals surface area (Å²) in [6.45, 7) is 4.71. The van der Waals surface area contributed by atoms with Gasteiger partial charge in [-0.3, -0.25) is 0 Å². The van der Waals surface area contributed by atoms with Gasteiger partial charge in [0.15, 0.2) is 0 Å². The van der Waals surface area contributed by atoms with Gasteiger partial charge in [0.2, 0.25) is 0 Å². The monoisotopic (exact) mass is 141 g/mol. The van der Waals surface area contributed by atoms with Gasteiger partial charge in [0, 0.05) is 6.04 Å². The molecule has 3 atom stereocenters. The Morgan fingerprint density at radius 1 is 1.20 bits per heavy atom. The molecule has 0 amide bonds. The van der Waals surface area contributed by atoms with E-state index in [1.165, 1.54) is 19.3 Å². The molecule has 1 nitrogen and oxygen atoms in total. The summed E-state index contributed by atoms with van der Waals surface area (Å²) >= 11 is 0. The van der Waals surface area contributed by atoms with E-state index in [1.807, 2.05) is 0 Å². The molecule has 60 valence electrons. The van der Waals surface area contributed by atoms with Crippen LogP contribution in [0.2, 0.25) is 0 Å². The van der Waals surface area contributed by atoms with Crippen LogP contribution in [0.3, 0.4) is 0 Å². The molecule has 0 bridgehead atoms. The van der Waals surface area contributed by atoms with Crippen LogP contribution in [-0.4, -0.2) is 13.1 Å². The van der Waals surface area contributed by atoms with Crippen molar-refractivity contribution in [1.82, 2.24) is 5.32 Å². The second-order valence-corrected chi connectivity index (χ2v) is 3.79. The van der Waals surface area contributed by atoms with E-state index in [-0.39, 0.29) is 0 Å². The predicted octanol–water partition coefficient (Wildman–Crippen LogP) is 2.03. The number of nitrogens with one attached hydrogen (secondary N) is 1. The fraction of sp³-hybridized carbons (Fsp3) is 1.00. The lowest BCUT2D eigenvalue weighted by atomic mass is 9.80. The molecule has 1 saturated carbocycles. The van der Waals surface area contributed by atoms with Crippen molar-refractivity contribution in [2.75, 3.05) is 7.05 Å². The molecule has 1 aliphatic rings. The minimum atomic E-state index is 0.781. The van der Waals surface area contributed by atoms with Crippen molar-refractivity contribution in [3.8, 4) is 0 Å². The third-order valence-electron chi connectivity index (χ3n) is 2.83. The summed E-state index contributed by atoms with van der Waals surface area (Å²) < 4.78 is 0. The highest BCUT2D eigenvalue weighted by Crippen LogP contribution is 2.27. The molecule has 0 spiro atoms. The van der Waals surface area contributed by atoms with Gasteiger partial charge in [0.05, 0.1) is 0 Å². The third kappa shape index (κ3) is 1.72. The predicted molar refractivity (Wildman–Crippen MR) is 45.0 cm³/mol. The molecule has 0 aromatic heterocycles. The van der Waals surface area contributed by atoms with E-state index >= 15 is 0 Å². The fourth-order valence-electron chi connectivity index (χ4n) is 1.93. The van der Waals surface area contributed by atoms with E-state index in [4.69, 9.17) is 0 Å². The molecule has 10 heavy (non-hydrogen) atoms. The largest absolute Gasteiger partial charge is 0.317 e. The maximum Gasteiger partial charge on any atom is 0.00922 e. The Labute approximate surface area is 64.2 Å². The minimum absolute atomic E-state index is 0.781. The van der Waals surface area contributed by atoms with Crippen molar-refractivity contribution >= 4 is 0 Å². The molecular weight excluding hydrogens is 122 g/mol. The highest BCUT2D eigenvalue weighted by atomic mass is 14.9. The van der Waals surface area contributed by atoms with Crippen LogP contribution in [0.5, 0.6) is 0 Å². The van der Waals surface area contributed by atoms with Crippen LogP contribution in [0.4, 0.5) is 0 Å². The van der Waals surface area contributed by atoms with Gasteiger partial charge in [-0.15, -0.1) is 0 Å².